The normalized spacial score (nSPS) is 15.8. The fraction of sp³-hybridized carbons (Fsp3) is 0.476. The molecule has 3 unspecified atom stereocenters. The van der Waals surface area contributed by atoms with Crippen LogP contribution in [0, 0.1) is 0 Å². The van der Waals surface area contributed by atoms with Gasteiger partial charge in [0.2, 0.25) is 7.37 Å². The van der Waals surface area contributed by atoms with E-state index in [1.165, 1.54) is 5.56 Å². The largest absolute Gasteiger partial charge is 0.481 e. The van der Waals surface area contributed by atoms with Gasteiger partial charge < -0.3 is 10.00 Å². The molecule has 0 saturated heterocycles. The average molecular weight is 409 g/mol. The van der Waals surface area contributed by atoms with Crippen LogP contribution in [0.25, 0.3) is 0 Å². The van der Waals surface area contributed by atoms with Crippen LogP contribution in [0.15, 0.2) is 47.2 Å². The second kappa shape index (κ2) is 10.8. The molecule has 3 atom stereocenters. The summed E-state index contributed by atoms with van der Waals surface area (Å²) in [6.45, 7) is 2.07. The van der Waals surface area contributed by atoms with E-state index in [1.807, 2.05) is 22.9 Å². The summed E-state index contributed by atoms with van der Waals surface area (Å²) in [6.07, 6.45) is 4.67. The van der Waals surface area contributed by atoms with Crippen molar-refractivity contribution in [2.24, 2.45) is 0 Å². The highest BCUT2D eigenvalue weighted by molar-refractivity contribution is 7.58. The number of aryl methyl sites for hydroxylation is 1. The highest BCUT2D eigenvalue weighted by Crippen LogP contribution is 2.54. The quantitative estimate of drug-likeness (QED) is 0.345. The summed E-state index contributed by atoms with van der Waals surface area (Å²) in [5.74, 6) is -1.96. The molecular weight excluding hydrogens is 379 g/mol. The van der Waals surface area contributed by atoms with Crippen LogP contribution in [0.3, 0.4) is 0 Å². The molecule has 27 heavy (non-hydrogen) atoms. The average Bonchev–Trinajstić information content (AvgIpc) is 3.15. The molecule has 1 aromatic heterocycles. The molecule has 0 spiro atoms. The molecule has 0 fully saturated rings. The van der Waals surface area contributed by atoms with Gasteiger partial charge in [-0.3, -0.25) is 9.36 Å². The van der Waals surface area contributed by atoms with Crippen LogP contribution in [0.2, 0.25) is 0 Å². The molecule has 2 rings (SSSR count). The summed E-state index contributed by atoms with van der Waals surface area (Å²) in [4.78, 5) is 22.9. The smallest absolute Gasteiger partial charge is 0.311 e. The Morgan fingerprint density at radius 2 is 1.89 bits per heavy atom. The third-order valence-electron chi connectivity index (χ3n) is 4.96. The molecule has 0 radical (unpaired) electrons. The van der Waals surface area contributed by atoms with E-state index in [4.69, 9.17) is 0 Å². The maximum Gasteiger partial charge on any atom is 0.311 e. The van der Waals surface area contributed by atoms with E-state index in [0.717, 1.165) is 25.7 Å². The highest BCUT2D eigenvalue weighted by Gasteiger charge is 2.41. The number of hydrogen-bond donors (Lipinski definition) is 2. The molecule has 4 nitrogen and oxygen atoms in total. The van der Waals surface area contributed by atoms with Crippen molar-refractivity contribution in [1.82, 2.24) is 0 Å². The fourth-order valence-corrected chi connectivity index (χ4v) is 6.50. The van der Waals surface area contributed by atoms with Crippen molar-refractivity contribution in [3.05, 3.63) is 58.3 Å². The molecule has 1 aromatic carbocycles. The maximum absolute atomic E-state index is 13.3. The van der Waals surface area contributed by atoms with Crippen molar-refractivity contribution >= 4 is 24.7 Å². The minimum absolute atomic E-state index is 0.163. The first kappa shape index (κ1) is 21.9. The molecule has 2 N–H and O–H groups in total. The standard InChI is InChI=1S/C21H29O4PS/c1-2-3-5-12-19(20(21(22)23)18-10-6-4-7-11-18)26(24,25)14-8-9-17-13-15-27-16-17/h4,6-7,10-11,13,15-16,19-20H,2-3,5,8-9,12,14H2,1H3,(H,22,23)(H,24,25). The summed E-state index contributed by atoms with van der Waals surface area (Å²) in [5, 5.41) is 13.9. The predicted octanol–water partition coefficient (Wildman–Crippen LogP) is 5.77. The van der Waals surface area contributed by atoms with Gasteiger partial charge in [0, 0.05) is 6.16 Å². The summed E-state index contributed by atoms with van der Waals surface area (Å²) in [7, 11) is -3.61. The van der Waals surface area contributed by atoms with Gasteiger partial charge in [0.1, 0.15) is 0 Å². The fourth-order valence-electron chi connectivity index (χ4n) is 3.50. The van der Waals surface area contributed by atoms with Crippen LogP contribution in [0.4, 0.5) is 0 Å². The molecule has 0 bridgehead atoms. The second-order valence-electron chi connectivity index (χ2n) is 7.00. The summed E-state index contributed by atoms with van der Waals surface area (Å²) < 4.78 is 13.3. The summed E-state index contributed by atoms with van der Waals surface area (Å²) in [5.41, 5.74) is 1.03. The number of hydrogen-bond acceptors (Lipinski definition) is 3. The third kappa shape index (κ3) is 6.60. The lowest BCUT2D eigenvalue weighted by molar-refractivity contribution is -0.139. The molecule has 0 aliphatic heterocycles. The summed E-state index contributed by atoms with van der Waals surface area (Å²) >= 11 is 1.61. The number of unbranched alkanes of at least 4 members (excludes halogenated alkanes) is 2. The van der Waals surface area contributed by atoms with Crippen molar-refractivity contribution < 1.29 is 19.4 Å². The van der Waals surface area contributed by atoms with Gasteiger partial charge in [0.05, 0.1) is 11.6 Å². The van der Waals surface area contributed by atoms with E-state index in [9.17, 15) is 19.4 Å². The minimum Gasteiger partial charge on any atom is -0.481 e. The zero-order valence-electron chi connectivity index (χ0n) is 15.8. The van der Waals surface area contributed by atoms with Crippen LogP contribution in [-0.4, -0.2) is 27.8 Å². The first-order valence-electron chi connectivity index (χ1n) is 9.56. The maximum atomic E-state index is 13.3. The molecule has 0 amide bonds. The van der Waals surface area contributed by atoms with Crippen molar-refractivity contribution in [2.45, 2.75) is 57.0 Å². The molecular formula is C21H29O4PS. The monoisotopic (exact) mass is 408 g/mol. The van der Waals surface area contributed by atoms with E-state index < -0.39 is 24.9 Å². The van der Waals surface area contributed by atoms with Crippen LogP contribution in [-0.2, 0) is 15.8 Å². The van der Waals surface area contributed by atoms with Gasteiger partial charge in [-0.05, 0) is 47.2 Å². The SMILES string of the molecule is CCCCCC(C(C(=O)O)c1ccccc1)P(=O)(O)CCCc1ccsc1. The Bertz CT molecular complexity index is 730. The highest BCUT2D eigenvalue weighted by atomic mass is 32.1. The molecule has 1 heterocycles. The van der Waals surface area contributed by atoms with Crippen LogP contribution in [0.5, 0.6) is 0 Å². The Hall–Kier alpha value is -1.42. The molecule has 0 saturated carbocycles. The third-order valence-corrected chi connectivity index (χ3v) is 8.24. The Kier molecular flexibility index (Phi) is 8.75. The van der Waals surface area contributed by atoms with E-state index >= 15 is 0 Å². The number of rotatable bonds is 12. The molecule has 0 aliphatic rings. The van der Waals surface area contributed by atoms with Gasteiger partial charge in [-0.2, -0.15) is 11.3 Å². The van der Waals surface area contributed by atoms with Gasteiger partial charge >= 0.3 is 5.97 Å². The number of carbonyl (C=O) groups is 1. The molecule has 2 aromatic rings. The molecule has 6 heteroatoms. The van der Waals surface area contributed by atoms with E-state index in [-0.39, 0.29) is 6.16 Å². The zero-order valence-corrected chi connectivity index (χ0v) is 17.5. The number of thiophene rings is 1. The van der Waals surface area contributed by atoms with Crippen molar-refractivity contribution in [2.75, 3.05) is 6.16 Å². The van der Waals surface area contributed by atoms with Gasteiger partial charge in [0.25, 0.3) is 0 Å². The Labute approximate surface area is 165 Å². The van der Waals surface area contributed by atoms with Crippen LogP contribution in [0.1, 0.15) is 56.1 Å². The van der Waals surface area contributed by atoms with Gasteiger partial charge in [0.15, 0.2) is 0 Å². The lowest BCUT2D eigenvalue weighted by atomic mass is 9.92. The topological polar surface area (TPSA) is 74.6 Å². The number of carboxylic acid groups (broad SMARTS) is 1. The molecule has 148 valence electrons. The van der Waals surface area contributed by atoms with E-state index in [2.05, 4.69) is 6.92 Å². The lowest BCUT2D eigenvalue weighted by Gasteiger charge is -2.29. The van der Waals surface area contributed by atoms with Crippen LogP contribution < -0.4 is 0 Å². The lowest BCUT2D eigenvalue weighted by Crippen LogP contribution is -2.27. The Morgan fingerprint density at radius 1 is 1.15 bits per heavy atom. The number of benzene rings is 1. The summed E-state index contributed by atoms with van der Waals surface area (Å²) in [6, 6.07) is 10.9. The Balaban J connectivity index is 2.19. The number of carboxylic acids is 1. The van der Waals surface area contributed by atoms with Gasteiger partial charge in [-0.25, -0.2) is 0 Å². The Morgan fingerprint density at radius 3 is 2.48 bits per heavy atom. The van der Waals surface area contributed by atoms with Crippen molar-refractivity contribution in [3.8, 4) is 0 Å². The number of aliphatic carboxylic acids is 1. The van der Waals surface area contributed by atoms with Gasteiger partial charge in [-0.15, -0.1) is 0 Å². The molecule has 0 aliphatic carbocycles. The van der Waals surface area contributed by atoms with Crippen molar-refractivity contribution in [1.29, 1.82) is 0 Å². The van der Waals surface area contributed by atoms with E-state index in [0.29, 0.717) is 18.4 Å². The second-order valence-corrected chi connectivity index (χ2v) is 10.4. The first-order chi connectivity index (χ1) is 13.0. The van der Waals surface area contributed by atoms with E-state index in [1.54, 1.807) is 35.6 Å². The zero-order chi connectivity index (χ0) is 19.7. The van der Waals surface area contributed by atoms with Crippen molar-refractivity contribution in [3.63, 3.8) is 0 Å². The minimum atomic E-state index is -3.61. The van der Waals surface area contributed by atoms with Gasteiger partial charge in [-0.1, -0.05) is 56.5 Å². The van der Waals surface area contributed by atoms with Crippen LogP contribution >= 0.6 is 18.7 Å². The predicted molar refractivity (Wildman–Crippen MR) is 112 cm³/mol. The first-order valence-corrected chi connectivity index (χ1v) is 12.4.